The summed E-state index contributed by atoms with van der Waals surface area (Å²) in [5.74, 6) is 1.03. The fourth-order valence-electron chi connectivity index (χ4n) is 3.71. The van der Waals surface area contributed by atoms with Gasteiger partial charge in [0.1, 0.15) is 5.75 Å². The molecule has 0 saturated heterocycles. The lowest BCUT2D eigenvalue weighted by Crippen LogP contribution is -2.29. The van der Waals surface area contributed by atoms with Crippen molar-refractivity contribution >= 4 is 27.3 Å². The number of nitrogens with zero attached hydrogens (tertiary/aromatic N) is 1. The van der Waals surface area contributed by atoms with Crippen LogP contribution < -0.4 is 14.4 Å². The first kappa shape index (κ1) is 22.9. The highest BCUT2D eigenvalue weighted by Crippen LogP contribution is 2.32. The van der Waals surface area contributed by atoms with Crippen molar-refractivity contribution in [2.24, 2.45) is 5.92 Å². The summed E-state index contributed by atoms with van der Waals surface area (Å²) in [6.45, 7) is 5.35. The SMILES string of the molecule is CC(C)CCOc1ccc(C(=O)Nc2ccc(S(=O)(=O)N3CCc4ccccc43)cc2)cc1. The zero-order chi connectivity index (χ0) is 23.4. The van der Waals surface area contributed by atoms with Crippen LogP contribution in [0, 0.1) is 5.92 Å². The van der Waals surface area contributed by atoms with Gasteiger partial charge in [-0.1, -0.05) is 32.0 Å². The molecule has 3 aromatic rings. The van der Waals surface area contributed by atoms with Crippen LogP contribution in [0.5, 0.6) is 5.75 Å². The highest BCUT2D eigenvalue weighted by molar-refractivity contribution is 7.92. The Morgan fingerprint density at radius 3 is 2.39 bits per heavy atom. The Kier molecular flexibility index (Phi) is 6.70. The number of rotatable bonds is 8. The number of hydrogen-bond donors (Lipinski definition) is 1. The molecule has 0 bridgehead atoms. The van der Waals surface area contributed by atoms with E-state index in [1.807, 2.05) is 24.3 Å². The second kappa shape index (κ2) is 9.67. The van der Waals surface area contributed by atoms with Crippen LogP contribution in [0.3, 0.4) is 0 Å². The van der Waals surface area contributed by atoms with E-state index >= 15 is 0 Å². The molecule has 0 aliphatic carbocycles. The number of carbonyl (C=O) groups is 1. The first-order valence-electron chi connectivity index (χ1n) is 11.1. The first-order valence-corrected chi connectivity index (χ1v) is 12.5. The highest BCUT2D eigenvalue weighted by atomic mass is 32.2. The summed E-state index contributed by atoms with van der Waals surface area (Å²) >= 11 is 0. The smallest absolute Gasteiger partial charge is 0.264 e. The van der Waals surface area contributed by atoms with Gasteiger partial charge in [0, 0.05) is 17.8 Å². The number of para-hydroxylation sites is 1. The molecule has 1 aliphatic rings. The molecule has 172 valence electrons. The molecule has 33 heavy (non-hydrogen) atoms. The molecule has 0 fully saturated rings. The molecule has 0 aromatic heterocycles. The quantitative estimate of drug-likeness (QED) is 0.502. The van der Waals surface area contributed by atoms with Gasteiger partial charge in [-0.15, -0.1) is 0 Å². The van der Waals surface area contributed by atoms with Gasteiger partial charge >= 0.3 is 0 Å². The Labute approximate surface area is 195 Å². The molecule has 0 saturated carbocycles. The van der Waals surface area contributed by atoms with Crippen molar-refractivity contribution in [1.29, 1.82) is 0 Å². The Balaban J connectivity index is 1.40. The Hall–Kier alpha value is -3.32. The number of anilines is 2. The van der Waals surface area contributed by atoms with Crippen LogP contribution in [0.1, 0.15) is 36.2 Å². The van der Waals surface area contributed by atoms with E-state index in [2.05, 4.69) is 19.2 Å². The summed E-state index contributed by atoms with van der Waals surface area (Å²) in [5.41, 5.74) is 2.78. The van der Waals surface area contributed by atoms with Crippen molar-refractivity contribution in [2.75, 3.05) is 22.8 Å². The minimum Gasteiger partial charge on any atom is -0.494 e. The molecule has 0 unspecified atom stereocenters. The van der Waals surface area contributed by atoms with Gasteiger partial charge in [0.2, 0.25) is 0 Å². The van der Waals surface area contributed by atoms with E-state index < -0.39 is 10.0 Å². The molecule has 0 atom stereocenters. The number of benzene rings is 3. The maximum atomic E-state index is 13.1. The van der Waals surface area contributed by atoms with Crippen molar-refractivity contribution in [3.8, 4) is 5.75 Å². The molecule has 6 nitrogen and oxygen atoms in total. The van der Waals surface area contributed by atoms with E-state index in [0.29, 0.717) is 36.7 Å². The molecule has 4 rings (SSSR count). The number of sulfonamides is 1. The average molecular weight is 465 g/mol. The van der Waals surface area contributed by atoms with Gasteiger partial charge in [0.15, 0.2) is 0 Å². The molecule has 0 radical (unpaired) electrons. The zero-order valence-electron chi connectivity index (χ0n) is 18.8. The van der Waals surface area contributed by atoms with E-state index in [0.717, 1.165) is 23.4 Å². The van der Waals surface area contributed by atoms with Crippen LogP contribution >= 0.6 is 0 Å². The standard InChI is InChI=1S/C26H28N2O4S/c1-19(2)16-18-32-23-11-7-21(8-12-23)26(29)27-22-9-13-24(14-10-22)33(30,31)28-17-15-20-5-3-4-6-25(20)28/h3-14,19H,15-18H2,1-2H3,(H,27,29). The molecule has 0 spiro atoms. The number of carbonyl (C=O) groups excluding carboxylic acids is 1. The molecule has 1 aliphatic heterocycles. The van der Waals surface area contributed by atoms with Crippen molar-refractivity contribution in [2.45, 2.75) is 31.6 Å². The lowest BCUT2D eigenvalue weighted by molar-refractivity contribution is 0.102. The molecule has 7 heteroatoms. The molecule has 1 amide bonds. The molecule has 1 heterocycles. The number of amides is 1. The van der Waals surface area contributed by atoms with Gasteiger partial charge in [-0.2, -0.15) is 0 Å². The second-order valence-electron chi connectivity index (χ2n) is 8.49. The van der Waals surface area contributed by atoms with E-state index in [9.17, 15) is 13.2 Å². The highest BCUT2D eigenvalue weighted by Gasteiger charge is 2.30. The van der Waals surface area contributed by atoms with Gasteiger partial charge in [-0.05, 0) is 78.9 Å². The topological polar surface area (TPSA) is 75.7 Å². The normalized spacial score (nSPS) is 13.1. The van der Waals surface area contributed by atoms with Gasteiger partial charge in [-0.25, -0.2) is 8.42 Å². The number of ether oxygens (including phenoxy) is 1. The Morgan fingerprint density at radius 1 is 1.00 bits per heavy atom. The lowest BCUT2D eigenvalue weighted by atomic mass is 10.1. The fraction of sp³-hybridized carbons (Fsp3) is 0.269. The monoisotopic (exact) mass is 464 g/mol. The number of nitrogens with one attached hydrogen (secondary N) is 1. The third-order valence-corrected chi connectivity index (χ3v) is 7.45. The summed E-state index contributed by atoms with van der Waals surface area (Å²) in [6.07, 6.45) is 1.67. The van der Waals surface area contributed by atoms with Crippen molar-refractivity contribution in [3.05, 3.63) is 83.9 Å². The van der Waals surface area contributed by atoms with E-state index in [-0.39, 0.29) is 10.8 Å². The predicted octanol–water partition coefficient (Wildman–Crippen LogP) is 5.12. The van der Waals surface area contributed by atoms with Crippen LogP contribution in [-0.4, -0.2) is 27.5 Å². The van der Waals surface area contributed by atoms with Crippen LogP contribution in [0.4, 0.5) is 11.4 Å². The third kappa shape index (κ3) is 5.20. The van der Waals surface area contributed by atoms with Gasteiger partial charge in [-0.3, -0.25) is 9.10 Å². The molecular formula is C26H28N2O4S. The second-order valence-corrected chi connectivity index (χ2v) is 10.4. The van der Waals surface area contributed by atoms with Crippen LogP contribution in [0.15, 0.2) is 77.7 Å². The van der Waals surface area contributed by atoms with E-state index in [4.69, 9.17) is 4.74 Å². The van der Waals surface area contributed by atoms with Crippen molar-refractivity contribution in [3.63, 3.8) is 0 Å². The van der Waals surface area contributed by atoms with Crippen LogP contribution in [-0.2, 0) is 16.4 Å². The number of fused-ring (bicyclic) bond motifs is 1. The Bertz CT molecular complexity index is 1220. The third-order valence-electron chi connectivity index (χ3n) is 5.63. The van der Waals surface area contributed by atoms with Gasteiger partial charge < -0.3 is 10.1 Å². The van der Waals surface area contributed by atoms with Gasteiger partial charge in [0.05, 0.1) is 17.2 Å². The molecule has 3 aromatic carbocycles. The predicted molar refractivity (Wildman–Crippen MR) is 130 cm³/mol. The van der Waals surface area contributed by atoms with Gasteiger partial charge in [0.25, 0.3) is 15.9 Å². The fourth-order valence-corrected chi connectivity index (χ4v) is 5.22. The van der Waals surface area contributed by atoms with Crippen LogP contribution in [0.2, 0.25) is 0 Å². The largest absolute Gasteiger partial charge is 0.494 e. The minimum absolute atomic E-state index is 0.195. The van der Waals surface area contributed by atoms with Crippen molar-refractivity contribution < 1.29 is 17.9 Å². The van der Waals surface area contributed by atoms with Crippen molar-refractivity contribution in [1.82, 2.24) is 0 Å². The summed E-state index contributed by atoms with van der Waals surface area (Å²) in [4.78, 5) is 12.8. The minimum atomic E-state index is -3.66. The maximum Gasteiger partial charge on any atom is 0.264 e. The van der Waals surface area contributed by atoms with E-state index in [1.54, 1.807) is 36.4 Å². The summed E-state index contributed by atoms with van der Waals surface area (Å²) in [7, 11) is -3.66. The van der Waals surface area contributed by atoms with E-state index in [1.165, 1.54) is 16.4 Å². The average Bonchev–Trinajstić information content (AvgIpc) is 3.25. The van der Waals surface area contributed by atoms with Crippen LogP contribution in [0.25, 0.3) is 0 Å². The molecular weight excluding hydrogens is 436 g/mol. The number of hydrogen-bond acceptors (Lipinski definition) is 4. The maximum absolute atomic E-state index is 13.1. The lowest BCUT2D eigenvalue weighted by Gasteiger charge is -2.19. The summed E-state index contributed by atoms with van der Waals surface area (Å²) < 4.78 is 33.4. The Morgan fingerprint density at radius 2 is 1.70 bits per heavy atom. The molecule has 1 N–H and O–H groups in total. The first-order chi connectivity index (χ1) is 15.8. The zero-order valence-corrected chi connectivity index (χ0v) is 19.6. The summed E-state index contributed by atoms with van der Waals surface area (Å²) in [6, 6.07) is 20.8. The summed E-state index contributed by atoms with van der Waals surface area (Å²) in [5, 5.41) is 2.81.